The fourth-order valence-corrected chi connectivity index (χ4v) is 10.7. The van der Waals surface area contributed by atoms with Gasteiger partial charge in [-0.05, 0) is 118 Å². The molecular weight excluding hydrogens is 725 g/mol. The molecule has 0 aliphatic heterocycles. The maximum absolute atomic E-state index is 2.51. The minimum Gasteiger partial charge on any atom is -0.309 e. The van der Waals surface area contributed by atoms with Crippen LogP contribution in [0, 0.1) is 0 Å². The molecule has 2 aliphatic carbocycles. The van der Waals surface area contributed by atoms with Crippen LogP contribution in [0.1, 0.15) is 65.5 Å². The smallest absolute Gasteiger partial charge is 0.0541 e. The standard InChI is InChI=1S/C58H44N2/c1-4-14-44(15-5-1)59-54-20-10-8-18-48(54)50-36-40(28-32-56(50)59)22-24-42-26-30-46-47-31-27-43(39-53(47)58(52(46)38-42)34-12-3-13-35-58)25-23-41-29-33-57-51(37-41)49-19-9-11-21-55(49)60(57)45-16-6-2-7-17-45/h1-2,4-11,14-33,36-39H,3,12-13,34-35H2/b24-22+,25-23+. The van der Waals surface area contributed by atoms with Crippen molar-refractivity contribution in [3.05, 3.63) is 215 Å². The van der Waals surface area contributed by atoms with E-state index in [2.05, 4.69) is 215 Å². The van der Waals surface area contributed by atoms with Crippen molar-refractivity contribution < 1.29 is 0 Å². The molecule has 2 heterocycles. The molecular formula is C58H44N2. The maximum atomic E-state index is 2.51. The third-order valence-corrected chi connectivity index (χ3v) is 13.5. The van der Waals surface area contributed by atoms with Gasteiger partial charge in [-0.25, -0.2) is 0 Å². The van der Waals surface area contributed by atoms with Crippen LogP contribution in [-0.4, -0.2) is 9.13 Å². The first-order valence-electron chi connectivity index (χ1n) is 21.5. The number of hydrogen-bond donors (Lipinski definition) is 0. The summed E-state index contributed by atoms with van der Waals surface area (Å²) >= 11 is 0. The van der Waals surface area contributed by atoms with Crippen molar-refractivity contribution in [1.29, 1.82) is 0 Å². The third kappa shape index (κ3) is 5.55. The van der Waals surface area contributed by atoms with E-state index in [1.807, 2.05) is 0 Å². The van der Waals surface area contributed by atoms with Gasteiger partial charge in [-0.15, -0.1) is 0 Å². The molecule has 1 saturated carbocycles. The number of aromatic nitrogens is 2. The quantitative estimate of drug-likeness (QED) is 0.149. The van der Waals surface area contributed by atoms with Crippen molar-refractivity contribution in [2.45, 2.75) is 37.5 Å². The highest BCUT2D eigenvalue weighted by Crippen LogP contribution is 2.56. The fourth-order valence-electron chi connectivity index (χ4n) is 10.7. The first kappa shape index (κ1) is 34.8. The molecule has 2 heteroatoms. The van der Waals surface area contributed by atoms with Gasteiger partial charge >= 0.3 is 0 Å². The summed E-state index contributed by atoms with van der Waals surface area (Å²) in [6.45, 7) is 0. The van der Waals surface area contributed by atoms with Gasteiger partial charge in [0.05, 0.1) is 22.1 Å². The minimum atomic E-state index is 0.0625. The van der Waals surface area contributed by atoms with Crippen LogP contribution in [0.2, 0.25) is 0 Å². The van der Waals surface area contributed by atoms with E-state index in [-0.39, 0.29) is 5.41 Å². The number of benzene rings is 8. The van der Waals surface area contributed by atoms with Crippen LogP contribution in [-0.2, 0) is 5.41 Å². The second kappa shape index (κ2) is 14.0. The third-order valence-electron chi connectivity index (χ3n) is 13.5. The van der Waals surface area contributed by atoms with E-state index < -0.39 is 0 Å². The summed E-state index contributed by atoms with van der Waals surface area (Å²) in [5.41, 5.74) is 18.2. The molecule has 2 aromatic heterocycles. The number of nitrogens with zero attached hydrogens (tertiary/aromatic N) is 2. The first-order chi connectivity index (χ1) is 29.7. The second-order valence-electron chi connectivity index (χ2n) is 16.8. The predicted molar refractivity (Wildman–Crippen MR) is 255 cm³/mol. The zero-order valence-corrected chi connectivity index (χ0v) is 33.6. The summed E-state index contributed by atoms with van der Waals surface area (Å²) in [6, 6.07) is 67.2. The monoisotopic (exact) mass is 768 g/mol. The average Bonchev–Trinajstić information content (AvgIpc) is 3.91. The Kier molecular flexibility index (Phi) is 8.13. The van der Waals surface area contributed by atoms with E-state index >= 15 is 0 Å². The van der Waals surface area contributed by atoms with E-state index in [1.54, 1.807) is 0 Å². The van der Waals surface area contributed by atoms with Crippen LogP contribution < -0.4 is 0 Å². The Bertz CT molecular complexity index is 3110. The van der Waals surface area contributed by atoms with Gasteiger partial charge in [-0.3, -0.25) is 0 Å². The Labute approximate surface area is 351 Å². The molecule has 2 aliphatic rings. The number of para-hydroxylation sites is 4. The Balaban J connectivity index is 0.871. The molecule has 60 heavy (non-hydrogen) atoms. The van der Waals surface area contributed by atoms with E-state index in [4.69, 9.17) is 0 Å². The van der Waals surface area contributed by atoms with Crippen LogP contribution in [0.25, 0.3) is 90.4 Å². The van der Waals surface area contributed by atoms with Crippen LogP contribution in [0.5, 0.6) is 0 Å². The summed E-state index contributed by atoms with van der Waals surface area (Å²) in [4.78, 5) is 0. The highest BCUT2D eigenvalue weighted by atomic mass is 15.0. The van der Waals surface area contributed by atoms with E-state index in [9.17, 15) is 0 Å². The minimum absolute atomic E-state index is 0.0625. The zero-order chi connectivity index (χ0) is 39.6. The Morgan fingerprint density at radius 2 is 0.717 bits per heavy atom. The lowest BCUT2D eigenvalue weighted by molar-refractivity contribution is 0.353. The van der Waals surface area contributed by atoms with Crippen LogP contribution in [0.15, 0.2) is 182 Å². The summed E-state index contributed by atoms with van der Waals surface area (Å²) < 4.78 is 4.76. The molecule has 12 rings (SSSR count). The van der Waals surface area contributed by atoms with Gasteiger partial charge in [-0.1, -0.05) is 165 Å². The largest absolute Gasteiger partial charge is 0.309 e. The molecule has 0 unspecified atom stereocenters. The maximum Gasteiger partial charge on any atom is 0.0541 e. The van der Waals surface area contributed by atoms with Gasteiger partial charge in [0.2, 0.25) is 0 Å². The van der Waals surface area contributed by atoms with Gasteiger partial charge in [-0.2, -0.15) is 0 Å². The Morgan fingerprint density at radius 1 is 0.333 bits per heavy atom. The van der Waals surface area contributed by atoms with Gasteiger partial charge in [0.25, 0.3) is 0 Å². The highest BCUT2D eigenvalue weighted by molar-refractivity contribution is 6.11. The molecule has 0 atom stereocenters. The van der Waals surface area contributed by atoms with Gasteiger partial charge in [0.15, 0.2) is 0 Å². The van der Waals surface area contributed by atoms with Crippen molar-refractivity contribution in [2.75, 3.05) is 0 Å². The summed E-state index contributed by atoms with van der Waals surface area (Å²) in [6.07, 6.45) is 15.5. The van der Waals surface area contributed by atoms with Crippen molar-refractivity contribution in [2.24, 2.45) is 0 Å². The molecule has 0 amide bonds. The molecule has 0 saturated heterocycles. The van der Waals surface area contributed by atoms with Crippen molar-refractivity contribution >= 4 is 67.9 Å². The SMILES string of the molecule is C(=C\c1ccc2c(c1)c1ccccc1n2-c1ccccc1)/c1ccc2c(c1)C1(CCCCC1)c1cc(/C=C/c3ccc4c(c3)c3ccccc3n4-c3ccccc3)ccc1-2. The molecule has 10 aromatic rings. The topological polar surface area (TPSA) is 9.86 Å². The number of hydrogen-bond acceptors (Lipinski definition) is 0. The van der Waals surface area contributed by atoms with E-state index in [0.29, 0.717) is 0 Å². The lowest BCUT2D eigenvalue weighted by atomic mass is 9.67. The molecule has 0 radical (unpaired) electrons. The molecule has 1 fully saturated rings. The van der Waals surface area contributed by atoms with E-state index in [0.717, 1.165) is 0 Å². The van der Waals surface area contributed by atoms with Crippen molar-refractivity contribution in [3.8, 4) is 22.5 Å². The number of fused-ring (bicyclic) bond motifs is 11. The zero-order valence-electron chi connectivity index (χ0n) is 33.6. The Morgan fingerprint density at radius 3 is 1.18 bits per heavy atom. The Hall–Kier alpha value is -7.16. The summed E-state index contributed by atoms with van der Waals surface area (Å²) in [7, 11) is 0. The molecule has 1 spiro atoms. The average molecular weight is 769 g/mol. The lowest BCUT2D eigenvalue weighted by Crippen LogP contribution is -2.28. The highest BCUT2D eigenvalue weighted by Gasteiger charge is 2.43. The molecule has 8 aromatic carbocycles. The lowest BCUT2D eigenvalue weighted by Gasteiger charge is -2.36. The molecule has 0 N–H and O–H groups in total. The molecule has 2 nitrogen and oxygen atoms in total. The van der Waals surface area contributed by atoms with Gasteiger partial charge < -0.3 is 9.13 Å². The van der Waals surface area contributed by atoms with E-state index in [1.165, 1.54) is 132 Å². The van der Waals surface area contributed by atoms with Crippen molar-refractivity contribution in [1.82, 2.24) is 9.13 Å². The predicted octanol–water partition coefficient (Wildman–Crippen LogP) is 15.5. The van der Waals surface area contributed by atoms with Crippen LogP contribution in [0.3, 0.4) is 0 Å². The summed E-state index contributed by atoms with van der Waals surface area (Å²) in [5, 5.41) is 5.12. The molecule has 0 bridgehead atoms. The summed E-state index contributed by atoms with van der Waals surface area (Å²) in [5.74, 6) is 0. The number of rotatable bonds is 6. The van der Waals surface area contributed by atoms with Crippen LogP contribution in [0.4, 0.5) is 0 Å². The van der Waals surface area contributed by atoms with Gasteiger partial charge in [0, 0.05) is 38.3 Å². The fraction of sp³-hybridized carbons (Fsp3) is 0.103. The second-order valence-corrected chi connectivity index (χ2v) is 16.8. The van der Waals surface area contributed by atoms with Crippen molar-refractivity contribution in [3.63, 3.8) is 0 Å². The first-order valence-corrected chi connectivity index (χ1v) is 21.5. The van der Waals surface area contributed by atoms with Gasteiger partial charge in [0.1, 0.15) is 0 Å². The molecule has 286 valence electrons. The van der Waals surface area contributed by atoms with Crippen LogP contribution >= 0.6 is 0 Å². The normalized spacial score (nSPS) is 14.7.